The van der Waals surface area contributed by atoms with E-state index in [9.17, 15) is 9.59 Å². The van der Waals surface area contributed by atoms with Crippen LogP contribution in [0.3, 0.4) is 0 Å². The number of rotatable bonds is 3. The molecule has 0 aliphatic heterocycles. The molecule has 1 heterocycles. The summed E-state index contributed by atoms with van der Waals surface area (Å²) in [7, 11) is 0. The molecule has 0 aliphatic carbocycles. The van der Waals surface area contributed by atoms with Crippen LogP contribution in [-0.4, -0.2) is 21.5 Å². The van der Waals surface area contributed by atoms with Crippen LogP contribution in [-0.2, 0) is 11.3 Å². The average Bonchev–Trinajstić information content (AvgIpc) is 2.69. The van der Waals surface area contributed by atoms with Crippen LogP contribution in [0.15, 0.2) is 30.6 Å². The Morgan fingerprint density at radius 3 is 2.88 bits per heavy atom. The number of carbonyl (C=O) groups is 2. The van der Waals surface area contributed by atoms with Crippen molar-refractivity contribution < 1.29 is 9.59 Å². The summed E-state index contributed by atoms with van der Waals surface area (Å²) in [5.41, 5.74) is 6.68. The van der Waals surface area contributed by atoms with Crippen LogP contribution in [0.25, 0.3) is 11.0 Å². The van der Waals surface area contributed by atoms with Crippen molar-refractivity contribution in [3.05, 3.63) is 30.6 Å². The summed E-state index contributed by atoms with van der Waals surface area (Å²) in [4.78, 5) is 25.9. The number of imide groups is 1. The quantitative estimate of drug-likeness (QED) is 0.812. The Bertz CT molecular complexity index is 561. The third-order valence-electron chi connectivity index (χ3n) is 2.37. The Kier molecular flexibility index (Phi) is 3.04. The number of imidazole rings is 1. The highest BCUT2D eigenvalue weighted by atomic mass is 16.2. The van der Waals surface area contributed by atoms with Gasteiger partial charge < -0.3 is 10.3 Å². The van der Waals surface area contributed by atoms with Gasteiger partial charge in [0, 0.05) is 13.0 Å². The van der Waals surface area contributed by atoms with Gasteiger partial charge in [0.25, 0.3) is 0 Å². The molecule has 0 atom stereocenters. The molecule has 1 aromatic carbocycles. The van der Waals surface area contributed by atoms with Crippen LogP contribution >= 0.6 is 0 Å². The first-order valence-corrected chi connectivity index (χ1v) is 5.16. The lowest BCUT2D eigenvalue weighted by Gasteiger charge is -2.03. The third-order valence-corrected chi connectivity index (χ3v) is 2.37. The number of amides is 3. The van der Waals surface area contributed by atoms with E-state index in [1.54, 1.807) is 6.33 Å². The second kappa shape index (κ2) is 4.65. The summed E-state index contributed by atoms with van der Waals surface area (Å²) in [6, 6.07) is 6.80. The van der Waals surface area contributed by atoms with E-state index in [0.29, 0.717) is 6.54 Å². The highest BCUT2D eigenvalue weighted by Crippen LogP contribution is 2.11. The summed E-state index contributed by atoms with van der Waals surface area (Å²) >= 11 is 0. The van der Waals surface area contributed by atoms with Gasteiger partial charge in [-0.3, -0.25) is 10.1 Å². The van der Waals surface area contributed by atoms with Gasteiger partial charge >= 0.3 is 6.03 Å². The minimum Gasteiger partial charge on any atom is -0.351 e. The number of carbonyl (C=O) groups excluding carboxylic acids is 2. The molecular weight excluding hydrogens is 220 g/mol. The monoisotopic (exact) mass is 232 g/mol. The molecule has 0 spiro atoms. The highest BCUT2D eigenvalue weighted by Gasteiger charge is 2.06. The summed E-state index contributed by atoms with van der Waals surface area (Å²) < 4.78 is 1.86. The second-order valence-electron chi connectivity index (χ2n) is 3.59. The summed E-state index contributed by atoms with van der Waals surface area (Å²) in [6.07, 6.45) is 1.85. The molecule has 0 unspecified atom stereocenters. The number of hydrogen-bond acceptors (Lipinski definition) is 3. The van der Waals surface area contributed by atoms with Crippen molar-refractivity contribution in [1.82, 2.24) is 14.9 Å². The number of aryl methyl sites for hydroxylation is 1. The number of primary amides is 1. The molecular formula is C11H12N4O2. The first-order chi connectivity index (χ1) is 8.16. The van der Waals surface area contributed by atoms with Crippen molar-refractivity contribution in [2.45, 2.75) is 13.0 Å². The van der Waals surface area contributed by atoms with Gasteiger partial charge in [0.1, 0.15) is 0 Å². The number of nitrogens with zero attached hydrogens (tertiary/aromatic N) is 2. The molecule has 0 fully saturated rings. The van der Waals surface area contributed by atoms with Crippen molar-refractivity contribution in [3.63, 3.8) is 0 Å². The molecule has 88 valence electrons. The zero-order valence-electron chi connectivity index (χ0n) is 9.09. The van der Waals surface area contributed by atoms with Crippen molar-refractivity contribution >= 4 is 23.0 Å². The standard InChI is InChI=1S/C11H12N4O2/c12-11(17)14-10(16)5-6-15-7-13-8-3-1-2-4-9(8)15/h1-4,7H,5-6H2,(H3,12,14,16,17). The molecule has 0 radical (unpaired) electrons. The summed E-state index contributed by atoms with van der Waals surface area (Å²) in [5, 5.41) is 2.02. The lowest BCUT2D eigenvalue weighted by molar-refractivity contribution is -0.120. The third kappa shape index (κ3) is 2.60. The predicted octanol–water partition coefficient (Wildman–Crippen LogP) is 0.621. The average molecular weight is 232 g/mol. The van der Waals surface area contributed by atoms with E-state index in [1.807, 2.05) is 34.1 Å². The largest absolute Gasteiger partial charge is 0.351 e. The Morgan fingerprint density at radius 2 is 2.12 bits per heavy atom. The molecule has 6 nitrogen and oxygen atoms in total. The molecule has 0 aliphatic rings. The fourth-order valence-electron chi connectivity index (χ4n) is 1.61. The topological polar surface area (TPSA) is 90.0 Å². The van der Waals surface area contributed by atoms with Gasteiger partial charge in [-0.15, -0.1) is 0 Å². The number of urea groups is 1. The van der Waals surface area contributed by atoms with Crippen LogP contribution in [0.1, 0.15) is 6.42 Å². The number of nitrogens with two attached hydrogens (primary N) is 1. The molecule has 1 aromatic heterocycles. The zero-order valence-corrected chi connectivity index (χ0v) is 9.09. The number of benzene rings is 1. The van der Waals surface area contributed by atoms with Crippen LogP contribution in [0.5, 0.6) is 0 Å². The molecule has 17 heavy (non-hydrogen) atoms. The van der Waals surface area contributed by atoms with Gasteiger partial charge in [-0.1, -0.05) is 12.1 Å². The first kappa shape index (κ1) is 11.1. The van der Waals surface area contributed by atoms with E-state index < -0.39 is 11.9 Å². The Labute approximate surface area is 97.4 Å². The van der Waals surface area contributed by atoms with Crippen LogP contribution in [0, 0.1) is 0 Å². The van der Waals surface area contributed by atoms with Crippen LogP contribution in [0.2, 0.25) is 0 Å². The number of fused-ring (bicyclic) bond motifs is 1. The molecule has 3 N–H and O–H groups in total. The van der Waals surface area contributed by atoms with E-state index >= 15 is 0 Å². The van der Waals surface area contributed by atoms with Gasteiger partial charge in [0.05, 0.1) is 17.4 Å². The summed E-state index contributed by atoms with van der Waals surface area (Å²) in [6.45, 7) is 0.458. The Morgan fingerprint density at radius 1 is 1.35 bits per heavy atom. The predicted molar refractivity (Wildman–Crippen MR) is 62.1 cm³/mol. The maximum atomic E-state index is 11.2. The maximum absolute atomic E-state index is 11.2. The van der Waals surface area contributed by atoms with Crippen LogP contribution in [0.4, 0.5) is 4.79 Å². The fourth-order valence-corrected chi connectivity index (χ4v) is 1.61. The van der Waals surface area contributed by atoms with Crippen molar-refractivity contribution in [2.24, 2.45) is 5.73 Å². The molecule has 2 aromatic rings. The second-order valence-corrected chi connectivity index (χ2v) is 3.59. The number of hydrogen-bond donors (Lipinski definition) is 2. The minimum atomic E-state index is -0.828. The van der Waals surface area contributed by atoms with Gasteiger partial charge in [0.15, 0.2) is 0 Å². The number of para-hydroxylation sites is 2. The van der Waals surface area contributed by atoms with Crippen molar-refractivity contribution in [3.8, 4) is 0 Å². The lowest BCUT2D eigenvalue weighted by atomic mass is 10.3. The van der Waals surface area contributed by atoms with Gasteiger partial charge in [0.2, 0.25) is 5.91 Å². The lowest BCUT2D eigenvalue weighted by Crippen LogP contribution is -2.35. The Balaban J connectivity index is 2.04. The highest BCUT2D eigenvalue weighted by molar-refractivity contribution is 5.93. The van der Waals surface area contributed by atoms with E-state index in [4.69, 9.17) is 5.73 Å². The first-order valence-electron chi connectivity index (χ1n) is 5.16. The minimum absolute atomic E-state index is 0.184. The number of nitrogens with one attached hydrogen (secondary N) is 1. The molecule has 0 saturated heterocycles. The van der Waals surface area contributed by atoms with Crippen LogP contribution < -0.4 is 11.1 Å². The fraction of sp³-hybridized carbons (Fsp3) is 0.182. The molecule has 0 bridgehead atoms. The SMILES string of the molecule is NC(=O)NC(=O)CCn1cnc2ccccc21. The Hall–Kier alpha value is -2.37. The van der Waals surface area contributed by atoms with Crippen molar-refractivity contribution in [1.29, 1.82) is 0 Å². The zero-order chi connectivity index (χ0) is 12.3. The molecule has 3 amide bonds. The van der Waals surface area contributed by atoms with Gasteiger partial charge in [-0.05, 0) is 12.1 Å². The van der Waals surface area contributed by atoms with Gasteiger partial charge in [-0.2, -0.15) is 0 Å². The van der Waals surface area contributed by atoms with Crippen molar-refractivity contribution in [2.75, 3.05) is 0 Å². The van der Waals surface area contributed by atoms with E-state index in [0.717, 1.165) is 11.0 Å². The normalized spacial score (nSPS) is 10.4. The molecule has 2 rings (SSSR count). The maximum Gasteiger partial charge on any atom is 0.318 e. The van der Waals surface area contributed by atoms with E-state index in [1.165, 1.54) is 0 Å². The van der Waals surface area contributed by atoms with E-state index in [-0.39, 0.29) is 6.42 Å². The smallest absolute Gasteiger partial charge is 0.318 e. The van der Waals surface area contributed by atoms with E-state index in [2.05, 4.69) is 4.98 Å². The molecule has 0 saturated carbocycles. The molecule has 6 heteroatoms. The summed E-state index contributed by atoms with van der Waals surface area (Å²) in [5.74, 6) is -0.393. The number of aromatic nitrogens is 2. The van der Waals surface area contributed by atoms with Gasteiger partial charge in [-0.25, -0.2) is 9.78 Å².